The molecule has 3 rings (SSSR count). The van der Waals surface area contributed by atoms with Crippen LogP contribution in [0.3, 0.4) is 0 Å². The minimum Gasteiger partial charge on any atom is -0.408 e. The van der Waals surface area contributed by atoms with Gasteiger partial charge < -0.3 is 9.73 Å². The summed E-state index contributed by atoms with van der Waals surface area (Å²) in [5, 5.41) is 4.12. The average molecular weight is 400 g/mol. The van der Waals surface area contributed by atoms with Gasteiger partial charge in [-0.2, -0.15) is 0 Å². The van der Waals surface area contributed by atoms with Crippen LogP contribution in [0.15, 0.2) is 45.6 Å². The van der Waals surface area contributed by atoms with Crippen molar-refractivity contribution in [2.75, 3.05) is 0 Å². The standard InChI is InChI=1S/C17H13Cl3N2O3/c1-9(10-2-4-12(19)13(20)6-10)21-16(23)8-22-14-5-3-11(18)7-15(14)25-17(22)24/h2-7,9H,8H2,1H3,(H,21,23)/t9-/m0/s1. The Bertz CT molecular complexity index is 1010. The highest BCUT2D eigenvalue weighted by atomic mass is 35.5. The normalized spacial score (nSPS) is 12.3. The van der Waals surface area contributed by atoms with Crippen molar-refractivity contribution in [2.24, 2.45) is 0 Å². The van der Waals surface area contributed by atoms with Crippen molar-refractivity contribution in [2.45, 2.75) is 19.5 Å². The molecule has 0 aliphatic carbocycles. The number of aromatic nitrogens is 1. The van der Waals surface area contributed by atoms with Gasteiger partial charge in [0.1, 0.15) is 6.54 Å². The summed E-state index contributed by atoms with van der Waals surface area (Å²) in [6.07, 6.45) is 0. The fourth-order valence-corrected chi connectivity index (χ4v) is 2.95. The van der Waals surface area contributed by atoms with Crippen molar-refractivity contribution < 1.29 is 9.21 Å². The number of benzene rings is 2. The molecule has 8 heteroatoms. The number of nitrogens with zero attached hydrogens (tertiary/aromatic N) is 1. The second-order valence-corrected chi connectivity index (χ2v) is 6.78. The van der Waals surface area contributed by atoms with E-state index in [1.54, 1.807) is 30.3 Å². The van der Waals surface area contributed by atoms with Crippen molar-refractivity contribution in [3.05, 3.63) is 67.6 Å². The number of nitrogens with one attached hydrogen (secondary N) is 1. The number of carbonyl (C=O) groups is 1. The molecule has 0 aliphatic rings. The molecular formula is C17H13Cl3N2O3. The zero-order valence-electron chi connectivity index (χ0n) is 13.1. The number of hydrogen-bond acceptors (Lipinski definition) is 3. The quantitative estimate of drug-likeness (QED) is 0.706. The molecule has 0 aliphatic heterocycles. The maximum atomic E-state index is 12.3. The van der Waals surface area contributed by atoms with Gasteiger partial charge in [-0.15, -0.1) is 0 Å². The van der Waals surface area contributed by atoms with E-state index in [-0.39, 0.29) is 18.5 Å². The van der Waals surface area contributed by atoms with Crippen molar-refractivity contribution >= 4 is 51.8 Å². The lowest BCUT2D eigenvalue weighted by Gasteiger charge is -2.15. The first-order valence-corrected chi connectivity index (χ1v) is 8.52. The molecular weight excluding hydrogens is 387 g/mol. The molecule has 5 nitrogen and oxygen atoms in total. The predicted molar refractivity (Wildman–Crippen MR) is 98.5 cm³/mol. The molecule has 1 amide bonds. The molecule has 2 aromatic carbocycles. The van der Waals surface area contributed by atoms with Crippen LogP contribution >= 0.6 is 34.8 Å². The molecule has 1 heterocycles. The minimum absolute atomic E-state index is 0.168. The van der Waals surface area contributed by atoms with Crippen molar-refractivity contribution in [3.8, 4) is 0 Å². The molecule has 0 saturated heterocycles. The average Bonchev–Trinajstić information content (AvgIpc) is 2.84. The van der Waals surface area contributed by atoms with E-state index in [2.05, 4.69) is 5.32 Å². The molecule has 3 aromatic rings. The summed E-state index contributed by atoms with van der Waals surface area (Å²) in [6, 6.07) is 9.64. The Kier molecular flexibility index (Phi) is 5.08. The van der Waals surface area contributed by atoms with Crippen LogP contribution in [0.5, 0.6) is 0 Å². The molecule has 0 unspecified atom stereocenters. The van der Waals surface area contributed by atoms with Gasteiger partial charge in [-0.1, -0.05) is 40.9 Å². The van der Waals surface area contributed by atoms with Crippen LogP contribution in [-0.4, -0.2) is 10.5 Å². The maximum absolute atomic E-state index is 12.3. The molecule has 0 bridgehead atoms. The second kappa shape index (κ2) is 7.12. The largest absolute Gasteiger partial charge is 0.420 e. The molecule has 130 valence electrons. The number of carbonyl (C=O) groups excluding carboxylic acids is 1. The highest BCUT2D eigenvalue weighted by Gasteiger charge is 2.15. The van der Waals surface area contributed by atoms with Crippen LogP contribution in [0.4, 0.5) is 0 Å². The third-order valence-corrected chi connectivity index (χ3v) is 4.73. The monoisotopic (exact) mass is 398 g/mol. The zero-order valence-corrected chi connectivity index (χ0v) is 15.3. The predicted octanol–water partition coefficient (Wildman–Crippen LogP) is 4.43. The first-order valence-electron chi connectivity index (χ1n) is 7.38. The third kappa shape index (κ3) is 3.84. The van der Waals surface area contributed by atoms with E-state index in [9.17, 15) is 9.59 Å². The number of oxazole rings is 1. The van der Waals surface area contributed by atoms with Crippen molar-refractivity contribution in [1.82, 2.24) is 9.88 Å². The first kappa shape index (κ1) is 17.9. The fourth-order valence-electron chi connectivity index (χ4n) is 2.49. The van der Waals surface area contributed by atoms with Gasteiger partial charge in [0, 0.05) is 11.1 Å². The van der Waals surface area contributed by atoms with Gasteiger partial charge in [0.05, 0.1) is 21.6 Å². The number of rotatable bonds is 4. The second-order valence-electron chi connectivity index (χ2n) is 5.53. The summed E-state index contributed by atoms with van der Waals surface area (Å²) in [5.74, 6) is -0.951. The van der Waals surface area contributed by atoms with Gasteiger partial charge in [0.25, 0.3) is 0 Å². The lowest BCUT2D eigenvalue weighted by atomic mass is 10.1. The van der Waals surface area contributed by atoms with E-state index in [0.717, 1.165) is 5.56 Å². The van der Waals surface area contributed by atoms with Gasteiger partial charge >= 0.3 is 5.76 Å². The SMILES string of the molecule is C[C@H](NC(=O)Cn1c(=O)oc2cc(Cl)ccc21)c1ccc(Cl)c(Cl)c1. The molecule has 1 aromatic heterocycles. The lowest BCUT2D eigenvalue weighted by Crippen LogP contribution is -2.32. The Morgan fingerprint density at radius 3 is 2.64 bits per heavy atom. The van der Waals surface area contributed by atoms with Gasteiger partial charge in [0.2, 0.25) is 5.91 Å². The molecule has 1 N–H and O–H groups in total. The zero-order chi connectivity index (χ0) is 18.1. The minimum atomic E-state index is -0.616. The van der Waals surface area contributed by atoms with Crippen molar-refractivity contribution in [1.29, 1.82) is 0 Å². The Morgan fingerprint density at radius 2 is 1.92 bits per heavy atom. The van der Waals surface area contributed by atoms with Crippen molar-refractivity contribution in [3.63, 3.8) is 0 Å². The van der Waals surface area contributed by atoms with Crippen LogP contribution in [0.1, 0.15) is 18.5 Å². The van der Waals surface area contributed by atoms with Gasteiger partial charge in [-0.3, -0.25) is 9.36 Å². The van der Waals surface area contributed by atoms with E-state index in [1.165, 1.54) is 10.6 Å². The summed E-state index contributed by atoms with van der Waals surface area (Å²) in [4.78, 5) is 24.3. The van der Waals surface area contributed by atoms with E-state index < -0.39 is 5.76 Å². The Hall–Kier alpha value is -1.95. The van der Waals surface area contributed by atoms with Gasteiger partial charge in [-0.05, 0) is 36.8 Å². The van der Waals surface area contributed by atoms with Gasteiger partial charge in [-0.25, -0.2) is 4.79 Å². The number of hydrogen-bond donors (Lipinski definition) is 1. The first-order chi connectivity index (χ1) is 11.8. The molecule has 0 fully saturated rings. The number of fused-ring (bicyclic) bond motifs is 1. The molecule has 25 heavy (non-hydrogen) atoms. The summed E-state index contributed by atoms with van der Waals surface area (Å²) in [6.45, 7) is 1.65. The summed E-state index contributed by atoms with van der Waals surface area (Å²) < 4.78 is 6.36. The molecule has 1 atom stereocenters. The molecule has 0 radical (unpaired) electrons. The van der Waals surface area contributed by atoms with Crippen LogP contribution in [0.2, 0.25) is 15.1 Å². The van der Waals surface area contributed by atoms with E-state index in [4.69, 9.17) is 39.2 Å². The summed E-state index contributed by atoms with van der Waals surface area (Å²) in [5.41, 5.74) is 1.65. The van der Waals surface area contributed by atoms with E-state index >= 15 is 0 Å². The summed E-state index contributed by atoms with van der Waals surface area (Å²) in [7, 11) is 0. The topological polar surface area (TPSA) is 64.2 Å². The summed E-state index contributed by atoms with van der Waals surface area (Å²) >= 11 is 17.8. The van der Waals surface area contributed by atoms with E-state index in [1.807, 2.05) is 6.92 Å². The van der Waals surface area contributed by atoms with Crippen LogP contribution < -0.4 is 11.1 Å². The molecule has 0 saturated carbocycles. The van der Waals surface area contributed by atoms with Crippen LogP contribution in [0.25, 0.3) is 11.1 Å². The Morgan fingerprint density at radius 1 is 1.16 bits per heavy atom. The smallest absolute Gasteiger partial charge is 0.408 e. The van der Waals surface area contributed by atoms with E-state index in [0.29, 0.717) is 26.2 Å². The fraction of sp³-hybridized carbons (Fsp3) is 0.176. The third-order valence-electron chi connectivity index (χ3n) is 3.75. The molecule has 0 spiro atoms. The Balaban J connectivity index is 1.77. The van der Waals surface area contributed by atoms with Gasteiger partial charge in [0.15, 0.2) is 5.58 Å². The highest BCUT2D eigenvalue weighted by molar-refractivity contribution is 6.42. The Labute approximate surface area is 158 Å². The number of amides is 1. The maximum Gasteiger partial charge on any atom is 0.420 e. The van der Waals surface area contributed by atoms with Crippen LogP contribution in [0, 0.1) is 0 Å². The number of halogens is 3. The lowest BCUT2D eigenvalue weighted by molar-refractivity contribution is -0.122. The highest BCUT2D eigenvalue weighted by Crippen LogP contribution is 2.25. The van der Waals surface area contributed by atoms with Crippen LogP contribution in [-0.2, 0) is 11.3 Å².